The second-order valence-corrected chi connectivity index (χ2v) is 4.58. The highest BCUT2D eigenvalue weighted by molar-refractivity contribution is 9.10. The number of aromatic hydroxyl groups is 1. The molecular weight excluding hydrogens is 268 g/mol. The molecule has 0 bridgehead atoms. The average molecular weight is 273 g/mol. The molecule has 0 saturated carbocycles. The predicted octanol–water partition coefficient (Wildman–Crippen LogP) is 3.07. The molecule has 72 valence electrons. The number of carboxylic acids is 1. The van der Waals surface area contributed by atoms with Gasteiger partial charge in [-0.2, -0.15) is 0 Å². The van der Waals surface area contributed by atoms with E-state index in [1.165, 1.54) is 22.8 Å². The van der Waals surface area contributed by atoms with Crippen molar-refractivity contribution in [1.82, 2.24) is 0 Å². The van der Waals surface area contributed by atoms with Crippen LogP contribution in [0.25, 0.3) is 10.1 Å². The summed E-state index contributed by atoms with van der Waals surface area (Å²) in [7, 11) is 0. The average Bonchev–Trinajstić information content (AvgIpc) is 2.47. The SMILES string of the molecule is O=C(O)c1csc2cc(Br)cc(O)c12. The van der Waals surface area contributed by atoms with Crippen LogP contribution in [-0.4, -0.2) is 16.2 Å². The van der Waals surface area contributed by atoms with Crippen molar-refractivity contribution in [1.29, 1.82) is 0 Å². The number of fused-ring (bicyclic) bond motifs is 1. The molecule has 0 amide bonds. The lowest BCUT2D eigenvalue weighted by Crippen LogP contribution is -1.93. The van der Waals surface area contributed by atoms with Crippen LogP contribution in [0, 0.1) is 0 Å². The molecule has 0 saturated heterocycles. The zero-order chi connectivity index (χ0) is 10.3. The fraction of sp³-hybridized carbons (Fsp3) is 0. The number of phenolic OH excluding ortho intramolecular Hbond substituents is 1. The van der Waals surface area contributed by atoms with E-state index in [2.05, 4.69) is 15.9 Å². The molecule has 14 heavy (non-hydrogen) atoms. The Balaban J connectivity index is 2.85. The molecule has 2 aromatic rings. The van der Waals surface area contributed by atoms with Crippen LogP contribution in [-0.2, 0) is 0 Å². The van der Waals surface area contributed by atoms with Crippen molar-refractivity contribution in [3.63, 3.8) is 0 Å². The van der Waals surface area contributed by atoms with E-state index in [0.717, 1.165) is 9.17 Å². The quantitative estimate of drug-likeness (QED) is 0.839. The van der Waals surface area contributed by atoms with E-state index in [-0.39, 0.29) is 11.3 Å². The molecule has 2 N–H and O–H groups in total. The summed E-state index contributed by atoms with van der Waals surface area (Å²) in [4.78, 5) is 10.8. The molecule has 0 radical (unpaired) electrons. The van der Waals surface area contributed by atoms with Crippen LogP contribution in [0.5, 0.6) is 5.75 Å². The maximum atomic E-state index is 10.8. The molecule has 0 aliphatic rings. The number of benzene rings is 1. The van der Waals surface area contributed by atoms with Gasteiger partial charge in [-0.1, -0.05) is 15.9 Å². The number of hydrogen-bond acceptors (Lipinski definition) is 3. The van der Waals surface area contributed by atoms with Crippen LogP contribution in [0.3, 0.4) is 0 Å². The molecule has 2 rings (SSSR count). The van der Waals surface area contributed by atoms with Crippen LogP contribution in [0.15, 0.2) is 22.0 Å². The van der Waals surface area contributed by atoms with Crippen molar-refractivity contribution in [3.8, 4) is 5.75 Å². The number of rotatable bonds is 1. The Hall–Kier alpha value is -1.07. The van der Waals surface area contributed by atoms with Gasteiger partial charge >= 0.3 is 5.97 Å². The lowest BCUT2D eigenvalue weighted by Gasteiger charge is -1.98. The fourth-order valence-corrected chi connectivity index (χ4v) is 2.86. The van der Waals surface area contributed by atoms with E-state index in [4.69, 9.17) is 5.11 Å². The van der Waals surface area contributed by atoms with Gasteiger partial charge in [-0.25, -0.2) is 4.79 Å². The Kier molecular flexibility index (Phi) is 2.20. The van der Waals surface area contributed by atoms with Crippen molar-refractivity contribution >= 4 is 43.3 Å². The standard InChI is InChI=1S/C9H5BrO3S/c10-4-1-6(11)8-5(9(12)13)3-14-7(8)2-4/h1-3,11H,(H,12,13). The molecule has 0 unspecified atom stereocenters. The first-order chi connectivity index (χ1) is 6.59. The van der Waals surface area contributed by atoms with Gasteiger partial charge in [-0.3, -0.25) is 0 Å². The topological polar surface area (TPSA) is 57.5 Å². The second-order valence-electron chi connectivity index (χ2n) is 2.75. The van der Waals surface area contributed by atoms with Crippen LogP contribution in [0.1, 0.15) is 10.4 Å². The first-order valence-corrected chi connectivity index (χ1v) is 5.40. The summed E-state index contributed by atoms with van der Waals surface area (Å²) in [5, 5.41) is 20.4. The summed E-state index contributed by atoms with van der Waals surface area (Å²) in [5.41, 5.74) is 0.148. The number of thiophene rings is 1. The van der Waals surface area contributed by atoms with Crippen molar-refractivity contribution in [3.05, 3.63) is 27.5 Å². The minimum Gasteiger partial charge on any atom is -0.507 e. The molecule has 1 heterocycles. The van der Waals surface area contributed by atoms with Gasteiger partial charge in [0, 0.05) is 19.9 Å². The normalized spacial score (nSPS) is 10.6. The van der Waals surface area contributed by atoms with Gasteiger partial charge in [0.1, 0.15) is 5.75 Å². The molecule has 0 atom stereocenters. The van der Waals surface area contributed by atoms with E-state index in [9.17, 15) is 9.90 Å². The summed E-state index contributed by atoms with van der Waals surface area (Å²) in [6.45, 7) is 0. The minimum atomic E-state index is -1.02. The molecule has 0 fully saturated rings. The predicted molar refractivity (Wildman–Crippen MR) is 58.1 cm³/mol. The van der Waals surface area contributed by atoms with Crippen LogP contribution in [0.2, 0.25) is 0 Å². The second kappa shape index (κ2) is 3.25. The molecule has 0 aliphatic heterocycles. The number of hydrogen-bond donors (Lipinski definition) is 2. The highest BCUT2D eigenvalue weighted by atomic mass is 79.9. The summed E-state index contributed by atoms with van der Waals surface area (Å²) in [5.74, 6) is -1.03. The van der Waals surface area contributed by atoms with Gasteiger partial charge in [-0.05, 0) is 12.1 Å². The molecule has 0 aliphatic carbocycles. The highest BCUT2D eigenvalue weighted by Gasteiger charge is 2.14. The molecule has 1 aromatic heterocycles. The molecule has 5 heteroatoms. The zero-order valence-corrected chi connectivity index (χ0v) is 9.22. The van der Waals surface area contributed by atoms with Gasteiger partial charge in [0.15, 0.2) is 0 Å². The summed E-state index contributed by atoms with van der Waals surface area (Å²) in [6.07, 6.45) is 0. The summed E-state index contributed by atoms with van der Waals surface area (Å²) < 4.78 is 1.50. The molecular formula is C9H5BrO3S. The lowest BCUT2D eigenvalue weighted by molar-refractivity contribution is 0.0699. The Morgan fingerprint density at radius 2 is 2.14 bits per heavy atom. The maximum Gasteiger partial charge on any atom is 0.337 e. The number of carboxylic acid groups (broad SMARTS) is 1. The van der Waals surface area contributed by atoms with Crippen molar-refractivity contribution in [2.75, 3.05) is 0 Å². The smallest absolute Gasteiger partial charge is 0.337 e. The van der Waals surface area contributed by atoms with E-state index < -0.39 is 5.97 Å². The van der Waals surface area contributed by atoms with Crippen molar-refractivity contribution in [2.45, 2.75) is 0 Å². The third-order valence-corrected chi connectivity index (χ3v) is 3.24. The molecule has 0 spiro atoms. The van der Waals surface area contributed by atoms with Gasteiger partial charge in [0.05, 0.1) is 5.56 Å². The lowest BCUT2D eigenvalue weighted by atomic mass is 10.1. The molecule has 1 aromatic carbocycles. The minimum absolute atomic E-state index is 0.00646. The fourth-order valence-electron chi connectivity index (χ4n) is 1.27. The Morgan fingerprint density at radius 3 is 2.79 bits per heavy atom. The van der Waals surface area contributed by atoms with E-state index in [1.54, 1.807) is 6.07 Å². The Morgan fingerprint density at radius 1 is 1.43 bits per heavy atom. The Bertz CT molecular complexity index is 518. The van der Waals surface area contributed by atoms with Crippen molar-refractivity contribution < 1.29 is 15.0 Å². The number of carbonyl (C=O) groups is 1. The largest absolute Gasteiger partial charge is 0.507 e. The third kappa shape index (κ3) is 1.38. The Labute approximate surface area is 91.7 Å². The number of halogens is 1. The van der Waals surface area contributed by atoms with E-state index in [0.29, 0.717) is 5.39 Å². The first-order valence-electron chi connectivity index (χ1n) is 3.72. The van der Waals surface area contributed by atoms with Crippen molar-refractivity contribution in [2.24, 2.45) is 0 Å². The van der Waals surface area contributed by atoms with Crippen LogP contribution >= 0.6 is 27.3 Å². The summed E-state index contributed by atoms with van der Waals surface area (Å²) >= 11 is 4.53. The maximum absolute atomic E-state index is 10.8. The number of phenols is 1. The van der Waals surface area contributed by atoms with Crippen LogP contribution in [0.4, 0.5) is 0 Å². The van der Waals surface area contributed by atoms with Gasteiger partial charge < -0.3 is 10.2 Å². The van der Waals surface area contributed by atoms with E-state index in [1.807, 2.05) is 0 Å². The van der Waals surface area contributed by atoms with E-state index >= 15 is 0 Å². The summed E-state index contributed by atoms with van der Waals surface area (Å²) in [6, 6.07) is 3.27. The highest BCUT2D eigenvalue weighted by Crippen LogP contribution is 2.35. The monoisotopic (exact) mass is 272 g/mol. The van der Waals surface area contributed by atoms with Crippen LogP contribution < -0.4 is 0 Å². The van der Waals surface area contributed by atoms with Gasteiger partial charge in [-0.15, -0.1) is 11.3 Å². The zero-order valence-electron chi connectivity index (χ0n) is 6.82. The first kappa shape index (κ1) is 9.48. The molecule has 3 nitrogen and oxygen atoms in total. The van der Waals surface area contributed by atoms with Gasteiger partial charge in [0.25, 0.3) is 0 Å². The number of aromatic carboxylic acids is 1. The van der Waals surface area contributed by atoms with Gasteiger partial charge in [0.2, 0.25) is 0 Å². The third-order valence-electron chi connectivity index (χ3n) is 1.85.